The van der Waals surface area contributed by atoms with Crippen LogP contribution in [0.1, 0.15) is 46.5 Å². The predicted molar refractivity (Wildman–Crippen MR) is 78.8 cm³/mol. The minimum Gasteiger partial charge on any atom is -0.343 e. The molecule has 1 fully saturated rings. The molecule has 1 saturated heterocycles. The molecular weight excluding hydrogens is 278 g/mol. The third kappa shape index (κ3) is 7.24. The molecule has 5 nitrogen and oxygen atoms in total. The largest absolute Gasteiger partial charge is 0.343 e. The number of rotatable bonds is 5. The lowest BCUT2D eigenvalue weighted by molar-refractivity contribution is -0.134. The van der Waals surface area contributed by atoms with Gasteiger partial charge in [0.15, 0.2) is 0 Å². The van der Waals surface area contributed by atoms with Gasteiger partial charge in [-0.15, -0.1) is 0 Å². The molecule has 20 heavy (non-hydrogen) atoms. The first-order valence-corrected chi connectivity index (χ1v) is 9.01. The van der Waals surface area contributed by atoms with Gasteiger partial charge >= 0.3 is 0 Å². The first-order valence-electron chi connectivity index (χ1n) is 7.19. The predicted octanol–water partition coefficient (Wildman–Crippen LogP) is 2.03. The fraction of sp³-hybridized carbons (Fsp3) is 0.929. The summed E-state index contributed by atoms with van der Waals surface area (Å²) in [4.78, 5) is 14.0. The minimum atomic E-state index is -3.33. The second-order valence-corrected chi connectivity index (χ2v) is 8.52. The van der Waals surface area contributed by atoms with Gasteiger partial charge in [0.25, 0.3) is 10.1 Å². The smallest absolute Gasteiger partial charge is 0.264 e. The quantitative estimate of drug-likeness (QED) is 0.729. The summed E-state index contributed by atoms with van der Waals surface area (Å²) in [5.74, 6) is 0.679. The van der Waals surface area contributed by atoms with Crippen molar-refractivity contribution in [2.45, 2.75) is 46.5 Å². The normalized spacial score (nSPS) is 18.3. The third-order valence-electron chi connectivity index (χ3n) is 3.47. The Morgan fingerprint density at radius 3 is 2.25 bits per heavy atom. The van der Waals surface area contributed by atoms with Gasteiger partial charge in [0.1, 0.15) is 0 Å². The van der Waals surface area contributed by atoms with Gasteiger partial charge in [0.05, 0.1) is 12.9 Å². The number of amides is 1. The summed E-state index contributed by atoms with van der Waals surface area (Å²) in [5, 5.41) is 0. The van der Waals surface area contributed by atoms with Gasteiger partial charge in [-0.05, 0) is 30.6 Å². The summed E-state index contributed by atoms with van der Waals surface area (Å²) in [5.41, 5.74) is 0.0251. The van der Waals surface area contributed by atoms with Crippen molar-refractivity contribution in [3.63, 3.8) is 0 Å². The lowest BCUT2D eigenvalue weighted by Crippen LogP contribution is -2.40. The zero-order valence-electron chi connectivity index (χ0n) is 13.0. The highest BCUT2D eigenvalue weighted by atomic mass is 32.2. The summed E-state index contributed by atoms with van der Waals surface area (Å²) in [7, 11) is -3.33. The zero-order chi connectivity index (χ0) is 15.4. The van der Waals surface area contributed by atoms with Crippen LogP contribution in [0.5, 0.6) is 0 Å². The van der Waals surface area contributed by atoms with Gasteiger partial charge < -0.3 is 4.90 Å². The number of carbonyl (C=O) groups excluding carboxylic acids is 1. The van der Waals surface area contributed by atoms with Crippen molar-refractivity contribution in [2.75, 3.05) is 26.0 Å². The summed E-state index contributed by atoms with van der Waals surface area (Å²) < 4.78 is 26.5. The lowest BCUT2D eigenvalue weighted by Gasteiger charge is -2.33. The van der Waals surface area contributed by atoms with Crippen molar-refractivity contribution in [1.82, 2.24) is 4.90 Å². The summed E-state index contributed by atoms with van der Waals surface area (Å²) in [6.07, 6.45) is 4.26. The molecule has 0 N–H and O–H groups in total. The Morgan fingerprint density at radius 2 is 1.80 bits per heavy atom. The molecule has 0 radical (unpaired) electrons. The Bertz CT molecular complexity index is 417. The summed E-state index contributed by atoms with van der Waals surface area (Å²) in [6, 6.07) is 0. The Kier molecular flexibility index (Phi) is 6.01. The number of nitrogens with zero attached hydrogens (tertiary/aromatic N) is 1. The van der Waals surface area contributed by atoms with E-state index in [0.717, 1.165) is 38.6 Å². The number of likely N-dealkylation sites (tertiary alicyclic amines) is 1. The zero-order valence-corrected chi connectivity index (χ0v) is 13.8. The van der Waals surface area contributed by atoms with Crippen molar-refractivity contribution in [2.24, 2.45) is 11.3 Å². The van der Waals surface area contributed by atoms with Crippen LogP contribution in [0.25, 0.3) is 0 Å². The van der Waals surface area contributed by atoms with Crippen LogP contribution in [-0.2, 0) is 19.1 Å². The summed E-state index contributed by atoms with van der Waals surface area (Å²) in [6.45, 7) is 8.01. The average Bonchev–Trinajstić information content (AvgIpc) is 2.25. The van der Waals surface area contributed by atoms with Crippen molar-refractivity contribution >= 4 is 16.0 Å². The molecule has 1 heterocycles. The maximum Gasteiger partial charge on any atom is 0.264 e. The lowest BCUT2D eigenvalue weighted by atomic mass is 9.90. The van der Waals surface area contributed by atoms with E-state index in [0.29, 0.717) is 12.3 Å². The van der Waals surface area contributed by atoms with Crippen molar-refractivity contribution < 1.29 is 17.4 Å². The van der Waals surface area contributed by atoms with Gasteiger partial charge in [-0.1, -0.05) is 20.8 Å². The van der Waals surface area contributed by atoms with E-state index >= 15 is 0 Å². The highest BCUT2D eigenvalue weighted by Gasteiger charge is 2.25. The van der Waals surface area contributed by atoms with Gasteiger partial charge in [0, 0.05) is 19.5 Å². The van der Waals surface area contributed by atoms with Crippen LogP contribution in [0.4, 0.5) is 0 Å². The molecule has 6 heteroatoms. The maximum absolute atomic E-state index is 12.1. The van der Waals surface area contributed by atoms with E-state index in [4.69, 9.17) is 4.18 Å². The molecule has 1 aliphatic heterocycles. The Labute approximate surface area is 122 Å². The Morgan fingerprint density at radius 1 is 1.25 bits per heavy atom. The van der Waals surface area contributed by atoms with Crippen molar-refractivity contribution in [3.05, 3.63) is 0 Å². The standard InChI is InChI=1S/C14H27NO4S/c1-14(2,3)11-13(16)15-8-5-12(6-9-15)7-10-19-20(4,17)18/h12H,5-11H2,1-4H3. The third-order valence-corrected chi connectivity index (χ3v) is 4.07. The average molecular weight is 305 g/mol. The topological polar surface area (TPSA) is 63.7 Å². The molecule has 0 aliphatic carbocycles. The van der Waals surface area contributed by atoms with E-state index < -0.39 is 10.1 Å². The number of hydrogen-bond acceptors (Lipinski definition) is 4. The molecule has 1 rings (SSSR count). The molecular formula is C14H27NO4S. The van der Waals surface area contributed by atoms with E-state index in [1.165, 1.54) is 0 Å². The minimum absolute atomic E-state index is 0.0251. The molecule has 0 spiro atoms. The highest BCUT2D eigenvalue weighted by molar-refractivity contribution is 7.85. The van der Waals surface area contributed by atoms with Crippen LogP contribution < -0.4 is 0 Å². The molecule has 0 aromatic rings. The summed E-state index contributed by atoms with van der Waals surface area (Å²) >= 11 is 0. The molecule has 0 atom stereocenters. The number of carbonyl (C=O) groups is 1. The molecule has 1 aliphatic rings. The first kappa shape index (κ1) is 17.4. The second kappa shape index (κ2) is 6.89. The highest BCUT2D eigenvalue weighted by Crippen LogP contribution is 2.24. The SMILES string of the molecule is CC(C)(C)CC(=O)N1CCC(CCOS(C)(=O)=O)CC1. The Balaban J connectivity index is 2.28. The van der Waals surface area contributed by atoms with Gasteiger partial charge in [-0.25, -0.2) is 0 Å². The second-order valence-electron chi connectivity index (χ2n) is 6.88. The van der Waals surface area contributed by atoms with Crippen molar-refractivity contribution in [1.29, 1.82) is 0 Å². The molecule has 1 amide bonds. The Hall–Kier alpha value is -0.620. The van der Waals surface area contributed by atoms with Gasteiger partial charge in [-0.2, -0.15) is 8.42 Å². The van der Waals surface area contributed by atoms with Crippen LogP contribution in [0.2, 0.25) is 0 Å². The van der Waals surface area contributed by atoms with E-state index in [-0.39, 0.29) is 17.9 Å². The molecule has 0 aromatic heterocycles. The molecule has 0 aromatic carbocycles. The fourth-order valence-electron chi connectivity index (χ4n) is 2.40. The van der Waals surface area contributed by atoms with Crippen LogP contribution in [0.15, 0.2) is 0 Å². The van der Waals surface area contributed by atoms with E-state index in [1.54, 1.807) is 0 Å². The molecule has 0 unspecified atom stereocenters. The van der Waals surface area contributed by atoms with Crippen LogP contribution >= 0.6 is 0 Å². The van der Waals surface area contributed by atoms with Crippen LogP contribution in [0.3, 0.4) is 0 Å². The van der Waals surface area contributed by atoms with Gasteiger partial charge in [-0.3, -0.25) is 8.98 Å². The first-order chi connectivity index (χ1) is 9.07. The van der Waals surface area contributed by atoms with E-state index in [2.05, 4.69) is 20.8 Å². The molecule has 0 saturated carbocycles. The number of piperidine rings is 1. The number of hydrogen-bond donors (Lipinski definition) is 0. The molecule has 118 valence electrons. The van der Waals surface area contributed by atoms with Crippen LogP contribution in [0, 0.1) is 11.3 Å². The van der Waals surface area contributed by atoms with Crippen LogP contribution in [-0.4, -0.2) is 45.2 Å². The van der Waals surface area contributed by atoms with Crippen molar-refractivity contribution in [3.8, 4) is 0 Å². The monoisotopic (exact) mass is 305 g/mol. The van der Waals surface area contributed by atoms with E-state index in [1.807, 2.05) is 4.90 Å². The molecule has 0 bridgehead atoms. The van der Waals surface area contributed by atoms with E-state index in [9.17, 15) is 13.2 Å². The maximum atomic E-state index is 12.1. The van der Waals surface area contributed by atoms with Gasteiger partial charge in [0.2, 0.25) is 5.91 Å². The fourth-order valence-corrected chi connectivity index (χ4v) is 2.80.